The fraction of sp³-hybridized carbons (Fsp3) is 0.200. The van der Waals surface area contributed by atoms with E-state index in [1.807, 2.05) is 31.2 Å². The molecule has 134 valence electrons. The van der Waals surface area contributed by atoms with Crippen molar-refractivity contribution < 1.29 is 14.0 Å². The van der Waals surface area contributed by atoms with Gasteiger partial charge in [-0.3, -0.25) is 9.59 Å². The average molecular weight is 370 g/mol. The zero-order chi connectivity index (χ0) is 18.7. The maximum atomic E-state index is 14.0. The standard InChI is InChI=1S/C20H19FN2O2S/c1-3-13-7-4-5-9-15(13)23-17(24)11-22-20(25)19-12(2)18-14(21)8-6-10-16(18)26-19/h4-10H,3,11H2,1-2H3,(H,22,25)(H,23,24). The summed E-state index contributed by atoms with van der Waals surface area (Å²) in [6.07, 6.45) is 0.801. The van der Waals surface area contributed by atoms with E-state index in [2.05, 4.69) is 10.6 Å². The number of rotatable bonds is 5. The topological polar surface area (TPSA) is 58.2 Å². The lowest BCUT2D eigenvalue weighted by molar-refractivity contribution is -0.115. The lowest BCUT2D eigenvalue weighted by atomic mass is 10.1. The van der Waals surface area contributed by atoms with Gasteiger partial charge in [-0.25, -0.2) is 4.39 Å². The van der Waals surface area contributed by atoms with Gasteiger partial charge in [0, 0.05) is 15.8 Å². The Balaban J connectivity index is 1.68. The molecule has 0 spiro atoms. The van der Waals surface area contributed by atoms with Crippen LogP contribution in [0.3, 0.4) is 0 Å². The molecule has 2 aromatic carbocycles. The third kappa shape index (κ3) is 3.60. The zero-order valence-electron chi connectivity index (χ0n) is 14.6. The van der Waals surface area contributed by atoms with Crippen LogP contribution in [0.5, 0.6) is 0 Å². The molecule has 1 heterocycles. The number of hydrogen-bond donors (Lipinski definition) is 2. The summed E-state index contributed by atoms with van der Waals surface area (Å²) >= 11 is 1.22. The number of nitrogens with one attached hydrogen (secondary N) is 2. The predicted octanol–water partition coefficient (Wildman–Crippen LogP) is 4.28. The molecule has 6 heteroatoms. The average Bonchev–Trinajstić information content (AvgIpc) is 2.98. The molecule has 4 nitrogen and oxygen atoms in total. The number of hydrogen-bond acceptors (Lipinski definition) is 3. The number of halogens is 1. The van der Waals surface area contributed by atoms with Gasteiger partial charge in [0.1, 0.15) is 5.82 Å². The first-order chi connectivity index (χ1) is 12.5. The Morgan fingerprint density at radius 3 is 2.62 bits per heavy atom. The molecule has 0 unspecified atom stereocenters. The number of anilines is 1. The molecular formula is C20H19FN2O2S. The van der Waals surface area contributed by atoms with E-state index in [4.69, 9.17) is 0 Å². The smallest absolute Gasteiger partial charge is 0.262 e. The molecule has 2 amide bonds. The van der Waals surface area contributed by atoms with Gasteiger partial charge in [-0.1, -0.05) is 31.2 Å². The number of fused-ring (bicyclic) bond motifs is 1. The van der Waals surface area contributed by atoms with Crippen LogP contribution in [0.25, 0.3) is 10.1 Å². The second-order valence-corrected chi connectivity index (χ2v) is 6.96. The van der Waals surface area contributed by atoms with Crippen LogP contribution in [0.2, 0.25) is 0 Å². The minimum atomic E-state index is -0.373. The van der Waals surface area contributed by atoms with Gasteiger partial charge in [0.25, 0.3) is 5.91 Å². The molecule has 0 atom stereocenters. The van der Waals surface area contributed by atoms with Crippen LogP contribution < -0.4 is 10.6 Å². The van der Waals surface area contributed by atoms with Gasteiger partial charge >= 0.3 is 0 Å². The molecule has 0 bridgehead atoms. The molecule has 3 rings (SSSR count). The van der Waals surface area contributed by atoms with Gasteiger partial charge in [-0.15, -0.1) is 11.3 Å². The molecule has 0 aliphatic rings. The molecule has 0 saturated carbocycles. The molecule has 26 heavy (non-hydrogen) atoms. The second kappa shape index (κ2) is 7.66. The van der Waals surface area contributed by atoms with Crippen molar-refractivity contribution in [1.82, 2.24) is 5.32 Å². The Morgan fingerprint density at radius 2 is 1.88 bits per heavy atom. The fourth-order valence-electron chi connectivity index (χ4n) is 2.86. The summed E-state index contributed by atoms with van der Waals surface area (Å²) in [5.41, 5.74) is 2.37. The lowest BCUT2D eigenvalue weighted by Gasteiger charge is -2.10. The van der Waals surface area contributed by atoms with Crippen molar-refractivity contribution in [3.8, 4) is 0 Å². The SMILES string of the molecule is CCc1ccccc1NC(=O)CNC(=O)c1sc2cccc(F)c2c1C. The number of para-hydroxylation sites is 1. The van der Waals surface area contributed by atoms with Gasteiger partial charge in [0.05, 0.1) is 11.4 Å². The van der Waals surface area contributed by atoms with Crippen molar-refractivity contribution >= 4 is 38.9 Å². The van der Waals surface area contributed by atoms with Crippen LogP contribution in [0.15, 0.2) is 42.5 Å². The maximum absolute atomic E-state index is 14.0. The number of amides is 2. The van der Waals surface area contributed by atoms with E-state index < -0.39 is 0 Å². The van der Waals surface area contributed by atoms with E-state index in [0.29, 0.717) is 20.5 Å². The Labute approximate surface area is 155 Å². The number of carbonyl (C=O) groups excluding carboxylic acids is 2. The van der Waals surface area contributed by atoms with Crippen LogP contribution in [-0.2, 0) is 11.2 Å². The van der Waals surface area contributed by atoms with E-state index in [1.165, 1.54) is 17.4 Å². The van der Waals surface area contributed by atoms with E-state index in [9.17, 15) is 14.0 Å². The highest BCUT2D eigenvalue weighted by molar-refractivity contribution is 7.21. The first-order valence-electron chi connectivity index (χ1n) is 8.34. The summed E-state index contributed by atoms with van der Waals surface area (Å²) in [6, 6.07) is 12.3. The number of benzene rings is 2. The quantitative estimate of drug-likeness (QED) is 0.704. The van der Waals surface area contributed by atoms with Crippen LogP contribution in [0.4, 0.5) is 10.1 Å². The van der Waals surface area contributed by atoms with Gasteiger partial charge in [-0.05, 0) is 42.7 Å². The third-order valence-electron chi connectivity index (χ3n) is 4.19. The minimum Gasteiger partial charge on any atom is -0.342 e. The minimum absolute atomic E-state index is 0.146. The maximum Gasteiger partial charge on any atom is 0.262 e. The van der Waals surface area contributed by atoms with Crippen molar-refractivity contribution in [2.75, 3.05) is 11.9 Å². The summed E-state index contributed by atoms with van der Waals surface area (Å²) in [4.78, 5) is 25.0. The van der Waals surface area contributed by atoms with E-state index in [-0.39, 0.29) is 24.2 Å². The summed E-state index contributed by atoms with van der Waals surface area (Å²) in [5.74, 6) is -1.02. The Hall–Kier alpha value is -2.73. The van der Waals surface area contributed by atoms with E-state index >= 15 is 0 Å². The van der Waals surface area contributed by atoms with Crippen molar-refractivity contribution in [1.29, 1.82) is 0 Å². The molecule has 0 aliphatic carbocycles. The van der Waals surface area contributed by atoms with Crippen LogP contribution in [0, 0.1) is 12.7 Å². The Kier molecular flexibility index (Phi) is 5.32. The largest absolute Gasteiger partial charge is 0.342 e. The molecule has 0 fully saturated rings. The predicted molar refractivity (Wildman–Crippen MR) is 103 cm³/mol. The van der Waals surface area contributed by atoms with Crippen LogP contribution in [0.1, 0.15) is 27.7 Å². The lowest BCUT2D eigenvalue weighted by Crippen LogP contribution is -2.32. The molecule has 1 aromatic heterocycles. The highest BCUT2D eigenvalue weighted by Crippen LogP contribution is 2.32. The van der Waals surface area contributed by atoms with Crippen molar-refractivity contribution in [3.05, 3.63) is 64.3 Å². The second-order valence-electron chi connectivity index (χ2n) is 5.91. The zero-order valence-corrected chi connectivity index (χ0v) is 15.4. The number of carbonyl (C=O) groups is 2. The van der Waals surface area contributed by atoms with Crippen molar-refractivity contribution in [2.24, 2.45) is 0 Å². The molecule has 2 N–H and O–H groups in total. The highest BCUT2D eigenvalue weighted by Gasteiger charge is 2.18. The summed E-state index contributed by atoms with van der Waals surface area (Å²) < 4.78 is 14.7. The molecule has 3 aromatic rings. The first-order valence-corrected chi connectivity index (χ1v) is 9.16. The Bertz CT molecular complexity index is 981. The van der Waals surface area contributed by atoms with Crippen LogP contribution >= 0.6 is 11.3 Å². The third-order valence-corrected chi connectivity index (χ3v) is 5.45. The normalized spacial score (nSPS) is 10.7. The molecule has 0 aliphatic heterocycles. The van der Waals surface area contributed by atoms with Crippen molar-refractivity contribution in [2.45, 2.75) is 20.3 Å². The van der Waals surface area contributed by atoms with Crippen LogP contribution in [-0.4, -0.2) is 18.4 Å². The first kappa shape index (κ1) is 18.1. The molecular weight excluding hydrogens is 351 g/mol. The fourth-order valence-corrected chi connectivity index (χ4v) is 3.99. The van der Waals surface area contributed by atoms with Gasteiger partial charge in [0.15, 0.2) is 0 Å². The summed E-state index contributed by atoms with van der Waals surface area (Å²) in [6.45, 7) is 3.58. The summed E-state index contributed by atoms with van der Waals surface area (Å²) in [5, 5.41) is 5.89. The van der Waals surface area contributed by atoms with Gasteiger partial charge in [-0.2, -0.15) is 0 Å². The van der Waals surface area contributed by atoms with Gasteiger partial charge in [0.2, 0.25) is 5.91 Å². The van der Waals surface area contributed by atoms with Gasteiger partial charge < -0.3 is 10.6 Å². The number of thiophene rings is 1. The molecule has 0 saturated heterocycles. The molecule has 0 radical (unpaired) electrons. The highest BCUT2D eigenvalue weighted by atomic mass is 32.1. The van der Waals surface area contributed by atoms with Crippen molar-refractivity contribution in [3.63, 3.8) is 0 Å². The van der Waals surface area contributed by atoms with E-state index in [0.717, 1.165) is 17.7 Å². The Morgan fingerprint density at radius 1 is 1.12 bits per heavy atom. The summed E-state index contributed by atoms with van der Waals surface area (Å²) in [7, 11) is 0. The number of aryl methyl sites for hydroxylation is 2. The monoisotopic (exact) mass is 370 g/mol. The van der Waals surface area contributed by atoms with E-state index in [1.54, 1.807) is 19.1 Å².